The molecule has 10 nitrogen and oxygen atoms in total. The Hall–Kier alpha value is -2.63. The summed E-state index contributed by atoms with van der Waals surface area (Å²) in [6.07, 6.45) is 4.70. The van der Waals surface area contributed by atoms with Crippen molar-refractivity contribution in [2.24, 2.45) is 0 Å². The highest BCUT2D eigenvalue weighted by atomic mass is 35.5. The second-order valence-electron chi connectivity index (χ2n) is 8.47. The second-order valence-corrected chi connectivity index (χ2v) is 10.9. The third kappa shape index (κ3) is 4.57. The number of hydrogen-bond acceptors (Lipinski definition) is 8. The molecule has 2 unspecified atom stereocenters. The molecule has 3 aromatic rings. The summed E-state index contributed by atoms with van der Waals surface area (Å²) >= 11 is 5.86. The minimum Gasteiger partial charge on any atom is -0.372 e. The third-order valence-corrected chi connectivity index (χ3v) is 7.94. The molecule has 1 aliphatic carbocycles. The van der Waals surface area contributed by atoms with Crippen molar-refractivity contribution in [3.05, 3.63) is 47.1 Å². The average molecular weight is 492 g/mol. The van der Waals surface area contributed by atoms with Crippen LogP contribution in [0.1, 0.15) is 50.7 Å². The second kappa shape index (κ2) is 8.96. The van der Waals surface area contributed by atoms with E-state index < -0.39 is 21.4 Å². The van der Waals surface area contributed by atoms with Gasteiger partial charge in [-0.05, 0) is 52.2 Å². The van der Waals surface area contributed by atoms with E-state index in [-0.39, 0.29) is 17.3 Å². The van der Waals surface area contributed by atoms with Gasteiger partial charge in [0.15, 0.2) is 11.6 Å². The van der Waals surface area contributed by atoms with Crippen molar-refractivity contribution in [2.75, 3.05) is 11.8 Å². The van der Waals surface area contributed by atoms with Crippen molar-refractivity contribution < 1.29 is 13.2 Å². The van der Waals surface area contributed by atoms with Gasteiger partial charge < -0.3 is 4.74 Å². The number of aryl methyl sites for hydroxylation is 1. The minimum absolute atomic E-state index is 0.147. The number of ether oxygens (including phenoxy) is 1. The lowest BCUT2D eigenvalue weighted by Gasteiger charge is -2.41. The zero-order valence-electron chi connectivity index (χ0n) is 18.9. The average Bonchev–Trinajstić information content (AvgIpc) is 3.17. The zero-order valence-corrected chi connectivity index (χ0v) is 20.4. The van der Waals surface area contributed by atoms with Gasteiger partial charge in [0.05, 0.1) is 5.02 Å². The molecule has 0 aliphatic heterocycles. The molecule has 176 valence electrons. The Morgan fingerprint density at radius 2 is 1.91 bits per heavy atom. The maximum Gasteiger partial charge on any atom is 0.240 e. The van der Waals surface area contributed by atoms with Gasteiger partial charge in [-0.2, -0.15) is 0 Å². The third-order valence-electron chi connectivity index (χ3n) is 6.05. The molecule has 1 saturated carbocycles. The summed E-state index contributed by atoms with van der Waals surface area (Å²) in [6, 6.07) is 5.63. The fraction of sp³-hybridized carbons (Fsp3) is 0.476. The first kappa shape index (κ1) is 23.5. The summed E-state index contributed by atoms with van der Waals surface area (Å²) in [7, 11) is -2.55. The number of pyridine rings is 1. The van der Waals surface area contributed by atoms with Crippen molar-refractivity contribution in [3.8, 4) is 11.5 Å². The van der Waals surface area contributed by atoms with Gasteiger partial charge in [0.25, 0.3) is 0 Å². The van der Waals surface area contributed by atoms with Gasteiger partial charge in [-0.25, -0.2) is 23.4 Å². The number of anilines is 1. The summed E-state index contributed by atoms with van der Waals surface area (Å²) in [5.41, 5.74) is 1.16. The number of sulfonamides is 1. The fourth-order valence-corrected chi connectivity index (χ4v) is 5.19. The smallest absolute Gasteiger partial charge is 0.240 e. The van der Waals surface area contributed by atoms with Crippen LogP contribution in [-0.2, 0) is 20.3 Å². The van der Waals surface area contributed by atoms with Crippen LogP contribution in [0.15, 0.2) is 30.6 Å². The summed E-state index contributed by atoms with van der Waals surface area (Å²) in [6.45, 7) is 5.49. The SMILES string of the molecule is COC(c1ncc(Cl)cn1)C(C)S(=O)(=O)Nc1nnc(-c2cccc(C)n2)n1C1(C)CCC1. The monoisotopic (exact) mass is 491 g/mol. The number of rotatable bonds is 8. The molecule has 1 N–H and O–H groups in total. The van der Waals surface area contributed by atoms with Crippen LogP contribution < -0.4 is 4.72 Å². The van der Waals surface area contributed by atoms with E-state index in [1.54, 1.807) is 0 Å². The number of halogens is 1. The molecular formula is C21H26ClN7O3S. The lowest BCUT2D eigenvalue weighted by molar-refractivity contribution is 0.0950. The maximum atomic E-state index is 13.4. The van der Waals surface area contributed by atoms with E-state index in [0.29, 0.717) is 16.5 Å². The van der Waals surface area contributed by atoms with E-state index >= 15 is 0 Å². The summed E-state index contributed by atoms with van der Waals surface area (Å²) in [5.74, 6) is 0.890. The van der Waals surface area contributed by atoms with E-state index in [9.17, 15) is 8.42 Å². The maximum absolute atomic E-state index is 13.4. The molecule has 3 aromatic heterocycles. The molecule has 4 rings (SSSR count). The number of hydrogen-bond donors (Lipinski definition) is 1. The van der Waals surface area contributed by atoms with E-state index in [2.05, 4.69) is 36.8 Å². The number of nitrogens with one attached hydrogen (secondary N) is 1. The molecule has 3 heterocycles. The van der Waals surface area contributed by atoms with Gasteiger partial charge >= 0.3 is 0 Å². The number of nitrogens with zero attached hydrogens (tertiary/aromatic N) is 6. The first-order chi connectivity index (χ1) is 15.6. The van der Waals surface area contributed by atoms with E-state index in [1.807, 2.05) is 29.7 Å². The van der Waals surface area contributed by atoms with Crippen LogP contribution in [0.2, 0.25) is 5.02 Å². The van der Waals surface area contributed by atoms with Gasteiger partial charge in [-0.15, -0.1) is 10.2 Å². The van der Waals surface area contributed by atoms with Crippen LogP contribution in [0.3, 0.4) is 0 Å². The molecule has 0 radical (unpaired) electrons. The topological polar surface area (TPSA) is 125 Å². The normalized spacial score (nSPS) is 17.2. The van der Waals surface area contributed by atoms with Crippen molar-refractivity contribution in [1.82, 2.24) is 29.7 Å². The number of methoxy groups -OCH3 is 1. The molecule has 0 bridgehead atoms. The predicted molar refractivity (Wildman–Crippen MR) is 124 cm³/mol. The van der Waals surface area contributed by atoms with Crippen LogP contribution in [-0.4, -0.2) is 50.5 Å². The highest BCUT2D eigenvalue weighted by Crippen LogP contribution is 2.43. The zero-order chi connectivity index (χ0) is 23.8. The van der Waals surface area contributed by atoms with Crippen LogP contribution in [0.5, 0.6) is 0 Å². The fourth-order valence-electron chi connectivity index (χ4n) is 3.97. The van der Waals surface area contributed by atoms with Crippen LogP contribution in [0.25, 0.3) is 11.5 Å². The minimum atomic E-state index is -3.96. The molecule has 1 fully saturated rings. The Balaban J connectivity index is 1.70. The van der Waals surface area contributed by atoms with E-state index in [1.165, 1.54) is 26.4 Å². The molecular weight excluding hydrogens is 466 g/mol. The van der Waals surface area contributed by atoms with Gasteiger partial charge in [0.1, 0.15) is 17.0 Å². The molecule has 2 atom stereocenters. The predicted octanol–water partition coefficient (Wildman–Crippen LogP) is 3.51. The van der Waals surface area contributed by atoms with Crippen LogP contribution in [0, 0.1) is 6.92 Å². The standard InChI is InChI=1S/C21H26ClN7O3S/c1-13-7-5-8-16(25-13)19-26-27-20(29(19)21(3)9-6-10-21)28-33(30,31)14(2)17(32-4)18-23-11-15(22)12-24-18/h5,7-8,11-12,14,17H,6,9-10H2,1-4H3,(H,27,28). The number of aromatic nitrogens is 6. The molecule has 0 aromatic carbocycles. The molecule has 0 spiro atoms. The van der Waals surface area contributed by atoms with Crippen molar-refractivity contribution in [1.29, 1.82) is 0 Å². The summed E-state index contributed by atoms with van der Waals surface area (Å²) < 4.78 is 36.6. The van der Waals surface area contributed by atoms with Gasteiger partial charge in [-0.1, -0.05) is 17.7 Å². The van der Waals surface area contributed by atoms with Crippen LogP contribution in [0.4, 0.5) is 5.95 Å². The van der Waals surface area contributed by atoms with Crippen molar-refractivity contribution in [2.45, 2.75) is 56.9 Å². The van der Waals surface area contributed by atoms with E-state index in [0.717, 1.165) is 25.0 Å². The summed E-state index contributed by atoms with van der Waals surface area (Å²) in [4.78, 5) is 12.8. The molecule has 12 heteroatoms. The Labute approximate surface area is 197 Å². The van der Waals surface area contributed by atoms with E-state index in [4.69, 9.17) is 16.3 Å². The Bertz CT molecular complexity index is 1240. The molecule has 0 amide bonds. The van der Waals surface area contributed by atoms with Gasteiger partial charge in [0, 0.05) is 30.7 Å². The first-order valence-corrected chi connectivity index (χ1v) is 12.5. The first-order valence-electron chi connectivity index (χ1n) is 10.6. The quantitative estimate of drug-likeness (QED) is 0.507. The largest absolute Gasteiger partial charge is 0.372 e. The van der Waals surface area contributed by atoms with Crippen LogP contribution >= 0.6 is 11.6 Å². The lowest BCUT2D eigenvalue weighted by Crippen LogP contribution is -2.40. The van der Waals surface area contributed by atoms with Gasteiger partial charge in [0.2, 0.25) is 16.0 Å². The Kier molecular flexibility index (Phi) is 6.39. The highest BCUT2D eigenvalue weighted by Gasteiger charge is 2.40. The highest BCUT2D eigenvalue weighted by molar-refractivity contribution is 7.93. The summed E-state index contributed by atoms with van der Waals surface area (Å²) in [5, 5.41) is 7.83. The Morgan fingerprint density at radius 3 is 2.48 bits per heavy atom. The molecule has 0 saturated heterocycles. The van der Waals surface area contributed by atoms with Gasteiger partial charge in [-0.3, -0.25) is 9.29 Å². The lowest BCUT2D eigenvalue weighted by atomic mass is 9.78. The Morgan fingerprint density at radius 1 is 1.21 bits per heavy atom. The van der Waals surface area contributed by atoms with Crippen molar-refractivity contribution >= 4 is 27.6 Å². The molecule has 1 aliphatic rings. The molecule has 33 heavy (non-hydrogen) atoms. The van der Waals surface area contributed by atoms with Crippen molar-refractivity contribution in [3.63, 3.8) is 0 Å².